The molecule has 3 heteroatoms. The second-order valence-electron chi connectivity index (χ2n) is 5.38. The number of anilines is 1. The minimum Gasteiger partial charge on any atom is -0.384 e. The summed E-state index contributed by atoms with van der Waals surface area (Å²) in [6.07, 6.45) is 4.96. The Bertz CT molecular complexity index is 465. The Balaban J connectivity index is 2.42. The van der Waals surface area contributed by atoms with Crippen LogP contribution < -0.4 is 5.73 Å². The van der Waals surface area contributed by atoms with Gasteiger partial charge in [-0.15, -0.1) is 0 Å². The van der Waals surface area contributed by atoms with Gasteiger partial charge in [0.15, 0.2) is 0 Å². The fourth-order valence-electron chi connectivity index (χ4n) is 3.10. The number of nitrogen functional groups attached to an aromatic ring is 1. The summed E-state index contributed by atoms with van der Waals surface area (Å²) in [4.78, 5) is 0. The van der Waals surface area contributed by atoms with E-state index in [1.165, 1.54) is 25.7 Å². The molecule has 1 heterocycles. The smallest absolute Gasteiger partial charge is 0.122 e. The average Bonchev–Trinajstić information content (AvgIpc) is 2.50. The first-order valence-electron chi connectivity index (χ1n) is 6.43. The monoisotopic (exact) mass is 231 g/mol. The number of nitrogens with zero attached hydrogens (tertiary/aromatic N) is 2. The van der Waals surface area contributed by atoms with Crippen molar-refractivity contribution < 1.29 is 0 Å². The summed E-state index contributed by atoms with van der Waals surface area (Å²) in [5.74, 6) is 1.43. The predicted octanol–water partition coefficient (Wildman–Crippen LogP) is 3.31. The molecular weight excluding hydrogens is 210 g/mol. The molecule has 1 aliphatic carbocycles. The Morgan fingerprint density at radius 3 is 2.59 bits per heavy atom. The molecule has 2 rings (SSSR count). The van der Waals surface area contributed by atoms with Gasteiger partial charge in [-0.2, -0.15) is 5.26 Å². The van der Waals surface area contributed by atoms with Crippen LogP contribution >= 0.6 is 0 Å². The molecule has 92 valence electrons. The van der Waals surface area contributed by atoms with E-state index < -0.39 is 0 Å². The lowest BCUT2D eigenvalue weighted by atomic mass is 9.87. The van der Waals surface area contributed by atoms with Gasteiger partial charge in [-0.1, -0.05) is 19.8 Å². The largest absolute Gasteiger partial charge is 0.384 e. The third-order valence-corrected chi connectivity index (χ3v) is 4.18. The summed E-state index contributed by atoms with van der Waals surface area (Å²) in [6, 6.07) is 2.71. The van der Waals surface area contributed by atoms with E-state index in [1.807, 2.05) is 6.92 Å². The summed E-state index contributed by atoms with van der Waals surface area (Å²) in [6.45, 7) is 6.37. The molecule has 2 N–H and O–H groups in total. The van der Waals surface area contributed by atoms with Crippen molar-refractivity contribution in [2.75, 3.05) is 5.73 Å². The van der Waals surface area contributed by atoms with Gasteiger partial charge in [0.1, 0.15) is 11.9 Å². The normalized spacial score (nSPS) is 24.6. The molecule has 1 aromatic rings. The van der Waals surface area contributed by atoms with Crippen LogP contribution in [0.2, 0.25) is 0 Å². The van der Waals surface area contributed by atoms with Crippen molar-refractivity contribution in [3.8, 4) is 6.07 Å². The van der Waals surface area contributed by atoms with E-state index in [-0.39, 0.29) is 0 Å². The van der Waals surface area contributed by atoms with Crippen molar-refractivity contribution in [3.05, 3.63) is 16.8 Å². The fraction of sp³-hybridized carbons (Fsp3) is 0.643. The molecule has 17 heavy (non-hydrogen) atoms. The van der Waals surface area contributed by atoms with Gasteiger partial charge in [-0.05, 0) is 38.2 Å². The second-order valence-corrected chi connectivity index (χ2v) is 5.38. The van der Waals surface area contributed by atoms with Crippen LogP contribution in [0, 0.1) is 31.1 Å². The van der Waals surface area contributed by atoms with E-state index in [2.05, 4.69) is 24.5 Å². The van der Waals surface area contributed by atoms with E-state index in [1.54, 1.807) is 0 Å². The molecule has 1 aromatic heterocycles. The zero-order valence-electron chi connectivity index (χ0n) is 11.0. The lowest BCUT2D eigenvalue weighted by molar-refractivity contribution is 0.282. The molecule has 1 fully saturated rings. The Morgan fingerprint density at radius 2 is 2.06 bits per heavy atom. The minimum absolute atomic E-state index is 0.486. The third-order valence-electron chi connectivity index (χ3n) is 4.18. The van der Waals surface area contributed by atoms with Gasteiger partial charge in [0, 0.05) is 11.7 Å². The molecule has 1 aliphatic rings. The lowest BCUT2D eigenvalue weighted by Gasteiger charge is -2.30. The molecule has 0 radical (unpaired) electrons. The van der Waals surface area contributed by atoms with Crippen LogP contribution in [0.1, 0.15) is 55.5 Å². The Labute approximate surface area is 103 Å². The van der Waals surface area contributed by atoms with Crippen LogP contribution in [0.15, 0.2) is 0 Å². The van der Waals surface area contributed by atoms with Crippen molar-refractivity contribution in [2.24, 2.45) is 5.92 Å². The van der Waals surface area contributed by atoms with Crippen LogP contribution in [-0.2, 0) is 0 Å². The average molecular weight is 231 g/mol. The first-order valence-corrected chi connectivity index (χ1v) is 6.43. The summed E-state index contributed by atoms with van der Waals surface area (Å²) in [7, 11) is 0. The number of nitrogens with two attached hydrogens (primary N) is 1. The van der Waals surface area contributed by atoms with Gasteiger partial charge in [-0.3, -0.25) is 0 Å². The van der Waals surface area contributed by atoms with Gasteiger partial charge in [-0.25, -0.2) is 0 Å². The van der Waals surface area contributed by atoms with Gasteiger partial charge in [0.25, 0.3) is 0 Å². The molecule has 0 saturated heterocycles. The van der Waals surface area contributed by atoms with Crippen LogP contribution in [0.5, 0.6) is 0 Å². The molecule has 2 unspecified atom stereocenters. The molecule has 0 aliphatic heterocycles. The van der Waals surface area contributed by atoms with Gasteiger partial charge in [0.2, 0.25) is 0 Å². The Hall–Kier alpha value is -1.43. The molecule has 0 bridgehead atoms. The third kappa shape index (κ3) is 1.93. The summed E-state index contributed by atoms with van der Waals surface area (Å²) >= 11 is 0. The summed E-state index contributed by atoms with van der Waals surface area (Å²) in [5.41, 5.74) is 9.01. The number of rotatable bonds is 1. The van der Waals surface area contributed by atoms with E-state index >= 15 is 0 Å². The number of hydrogen-bond donors (Lipinski definition) is 1. The maximum atomic E-state index is 9.14. The Morgan fingerprint density at radius 1 is 1.35 bits per heavy atom. The number of nitriles is 1. The van der Waals surface area contributed by atoms with Crippen molar-refractivity contribution >= 4 is 5.82 Å². The quantitative estimate of drug-likeness (QED) is 0.806. The zero-order valence-corrected chi connectivity index (χ0v) is 11.0. The van der Waals surface area contributed by atoms with Crippen LogP contribution in [-0.4, -0.2) is 4.57 Å². The van der Waals surface area contributed by atoms with Gasteiger partial charge < -0.3 is 10.3 Å². The highest BCUT2D eigenvalue weighted by molar-refractivity contribution is 5.58. The van der Waals surface area contributed by atoms with Crippen molar-refractivity contribution in [3.63, 3.8) is 0 Å². The predicted molar refractivity (Wildman–Crippen MR) is 69.7 cm³/mol. The first kappa shape index (κ1) is 12.0. The lowest BCUT2D eigenvalue weighted by Crippen LogP contribution is -2.20. The van der Waals surface area contributed by atoms with E-state index in [0.29, 0.717) is 17.4 Å². The van der Waals surface area contributed by atoms with E-state index in [4.69, 9.17) is 11.0 Å². The highest BCUT2D eigenvalue weighted by Gasteiger charge is 2.25. The van der Waals surface area contributed by atoms with Crippen molar-refractivity contribution in [1.82, 2.24) is 4.57 Å². The highest BCUT2D eigenvalue weighted by Crippen LogP contribution is 2.37. The van der Waals surface area contributed by atoms with E-state index in [0.717, 1.165) is 17.2 Å². The molecule has 0 amide bonds. The SMILES string of the molecule is Cc1c(C#N)c(N)n(C2CCCC(C)C2)c1C. The topological polar surface area (TPSA) is 54.7 Å². The summed E-state index contributed by atoms with van der Waals surface area (Å²) < 4.78 is 2.20. The molecule has 1 saturated carbocycles. The minimum atomic E-state index is 0.486. The standard InChI is InChI=1S/C14H21N3/c1-9-5-4-6-12(7-9)17-11(3)10(2)13(8-15)14(17)16/h9,12H,4-7,16H2,1-3H3. The van der Waals surface area contributed by atoms with Crippen LogP contribution in [0.25, 0.3) is 0 Å². The molecule has 0 spiro atoms. The van der Waals surface area contributed by atoms with Crippen molar-refractivity contribution in [2.45, 2.75) is 52.5 Å². The van der Waals surface area contributed by atoms with Crippen LogP contribution in [0.4, 0.5) is 5.82 Å². The number of aromatic nitrogens is 1. The molecular formula is C14H21N3. The maximum Gasteiger partial charge on any atom is 0.122 e. The Kier molecular flexibility index (Phi) is 3.15. The molecule has 3 nitrogen and oxygen atoms in total. The van der Waals surface area contributed by atoms with Gasteiger partial charge in [0.05, 0.1) is 5.56 Å². The fourth-order valence-corrected chi connectivity index (χ4v) is 3.10. The second kappa shape index (κ2) is 4.44. The maximum absolute atomic E-state index is 9.14. The molecule has 2 atom stereocenters. The summed E-state index contributed by atoms with van der Waals surface area (Å²) in [5, 5.41) is 9.14. The van der Waals surface area contributed by atoms with Crippen molar-refractivity contribution in [1.29, 1.82) is 5.26 Å². The van der Waals surface area contributed by atoms with Crippen LogP contribution in [0.3, 0.4) is 0 Å². The molecule has 0 aromatic carbocycles. The number of hydrogen-bond acceptors (Lipinski definition) is 2. The van der Waals surface area contributed by atoms with Gasteiger partial charge >= 0.3 is 0 Å². The zero-order chi connectivity index (χ0) is 12.6. The van der Waals surface area contributed by atoms with E-state index in [9.17, 15) is 0 Å². The highest BCUT2D eigenvalue weighted by atomic mass is 15.1. The first-order chi connectivity index (χ1) is 8.06.